The summed E-state index contributed by atoms with van der Waals surface area (Å²) < 4.78 is 6.01. The maximum atomic E-state index is 12.2. The highest BCUT2D eigenvalue weighted by atomic mass is 16.5. The van der Waals surface area contributed by atoms with Crippen molar-refractivity contribution in [3.8, 4) is 0 Å². The lowest BCUT2D eigenvalue weighted by atomic mass is 10.2. The maximum absolute atomic E-state index is 12.2. The predicted octanol–water partition coefficient (Wildman–Crippen LogP) is 0.343. The molecule has 1 fully saturated rings. The smallest absolute Gasteiger partial charge is 0.343 e. The van der Waals surface area contributed by atoms with Crippen molar-refractivity contribution in [2.24, 2.45) is 0 Å². The van der Waals surface area contributed by atoms with Crippen LogP contribution in [0.5, 0.6) is 0 Å². The monoisotopic (exact) mass is 266 g/mol. The lowest BCUT2D eigenvalue weighted by Gasteiger charge is -2.09. The van der Waals surface area contributed by atoms with Crippen LogP contribution in [0.3, 0.4) is 0 Å². The third-order valence-electron chi connectivity index (χ3n) is 3.14. The summed E-state index contributed by atoms with van der Waals surface area (Å²) in [7, 11) is 0. The van der Waals surface area contributed by atoms with Gasteiger partial charge in [-0.05, 0) is 33.2 Å². The van der Waals surface area contributed by atoms with Gasteiger partial charge in [-0.15, -0.1) is 0 Å². The number of carbonyl (C=O) groups is 2. The summed E-state index contributed by atoms with van der Waals surface area (Å²) in [5.41, 5.74) is 6.43. The van der Waals surface area contributed by atoms with E-state index in [2.05, 4.69) is 10.4 Å². The van der Waals surface area contributed by atoms with Crippen LogP contribution in [0.2, 0.25) is 0 Å². The number of nitrogens with two attached hydrogens (primary N) is 1. The van der Waals surface area contributed by atoms with Gasteiger partial charge < -0.3 is 15.8 Å². The number of nitrogens with zero attached hydrogens (tertiary/aromatic N) is 2. The SMILES string of the molecule is CCOC(=O)c1c(C)nn(C(=O)C2CCCN2)c1N. The van der Waals surface area contributed by atoms with E-state index in [1.807, 2.05) is 0 Å². The van der Waals surface area contributed by atoms with Crippen molar-refractivity contribution >= 4 is 17.7 Å². The number of esters is 1. The highest BCUT2D eigenvalue weighted by molar-refractivity contribution is 5.98. The van der Waals surface area contributed by atoms with Gasteiger partial charge in [-0.2, -0.15) is 9.78 Å². The number of rotatable bonds is 3. The summed E-state index contributed by atoms with van der Waals surface area (Å²) in [5, 5.41) is 7.14. The molecule has 1 aliphatic heterocycles. The van der Waals surface area contributed by atoms with E-state index >= 15 is 0 Å². The van der Waals surface area contributed by atoms with Crippen LogP contribution in [-0.4, -0.2) is 40.9 Å². The first kappa shape index (κ1) is 13.5. The van der Waals surface area contributed by atoms with Gasteiger partial charge in [0.15, 0.2) is 0 Å². The third kappa shape index (κ3) is 2.46. The van der Waals surface area contributed by atoms with Crippen LogP contribution in [0.25, 0.3) is 0 Å². The number of aromatic nitrogens is 2. The minimum Gasteiger partial charge on any atom is -0.462 e. The average molecular weight is 266 g/mol. The van der Waals surface area contributed by atoms with Gasteiger partial charge in [-0.1, -0.05) is 0 Å². The van der Waals surface area contributed by atoms with Crippen LogP contribution >= 0.6 is 0 Å². The minimum atomic E-state index is -0.545. The molecule has 0 amide bonds. The Balaban J connectivity index is 2.30. The van der Waals surface area contributed by atoms with Crippen molar-refractivity contribution in [1.29, 1.82) is 0 Å². The van der Waals surface area contributed by atoms with E-state index in [9.17, 15) is 9.59 Å². The molecule has 1 unspecified atom stereocenters. The van der Waals surface area contributed by atoms with Gasteiger partial charge >= 0.3 is 5.97 Å². The Kier molecular flexibility index (Phi) is 3.84. The number of hydrogen-bond acceptors (Lipinski definition) is 6. The molecule has 2 heterocycles. The van der Waals surface area contributed by atoms with E-state index in [1.165, 1.54) is 0 Å². The number of anilines is 1. The normalized spacial score (nSPS) is 18.5. The Morgan fingerprint density at radius 3 is 2.89 bits per heavy atom. The fourth-order valence-electron chi connectivity index (χ4n) is 2.21. The molecule has 0 radical (unpaired) electrons. The van der Waals surface area contributed by atoms with E-state index in [0.717, 1.165) is 24.1 Å². The minimum absolute atomic E-state index is 0.0506. The Hall–Kier alpha value is -1.89. The molecule has 0 bridgehead atoms. The average Bonchev–Trinajstić information content (AvgIpc) is 2.97. The highest BCUT2D eigenvalue weighted by Gasteiger charge is 2.29. The van der Waals surface area contributed by atoms with E-state index in [4.69, 9.17) is 10.5 Å². The van der Waals surface area contributed by atoms with E-state index in [1.54, 1.807) is 13.8 Å². The molecule has 7 heteroatoms. The van der Waals surface area contributed by atoms with Crippen LogP contribution in [-0.2, 0) is 4.74 Å². The molecule has 1 saturated heterocycles. The van der Waals surface area contributed by atoms with Crippen LogP contribution in [0.4, 0.5) is 5.82 Å². The molecule has 1 aliphatic rings. The standard InChI is InChI=1S/C12H18N4O3/c1-3-19-12(18)9-7(2)15-16(10(9)13)11(17)8-5-4-6-14-8/h8,14H,3-6,13H2,1-2H3. The zero-order valence-electron chi connectivity index (χ0n) is 11.1. The second-order valence-electron chi connectivity index (χ2n) is 4.47. The maximum Gasteiger partial charge on any atom is 0.343 e. The van der Waals surface area contributed by atoms with Crippen molar-refractivity contribution in [1.82, 2.24) is 15.1 Å². The first-order chi connectivity index (χ1) is 9.06. The molecular formula is C12H18N4O3. The fourth-order valence-corrected chi connectivity index (χ4v) is 2.21. The highest BCUT2D eigenvalue weighted by Crippen LogP contribution is 2.19. The Labute approximate surface area is 111 Å². The van der Waals surface area contributed by atoms with E-state index < -0.39 is 5.97 Å². The third-order valence-corrected chi connectivity index (χ3v) is 3.14. The second kappa shape index (κ2) is 5.40. The van der Waals surface area contributed by atoms with E-state index in [0.29, 0.717) is 5.69 Å². The lowest BCUT2D eigenvalue weighted by Crippen LogP contribution is -2.36. The predicted molar refractivity (Wildman–Crippen MR) is 69.0 cm³/mol. The van der Waals surface area contributed by atoms with Gasteiger partial charge in [-0.3, -0.25) is 4.79 Å². The largest absolute Gasteiger partial charge is 0.462 e. The van der Waals surface area contributed by atoms with Crippen LogP contribution in [0.15, 0.2) is 0 Å². The molecule has 0 saturated carbocycles. The van der Waals surface area contributed by atoms with Crippen LogP contribution < -0.4 is 11.1 Å². The summed E-state index contributed by atoms with van der Waals surface area (Å²) in [6, 6.07) is -0.281. The zero-order chi connectivity index (χ0) is 14.0. The number of aryl methyl sites for hydroxylation is 1. The number of carbonyl (C=O) groups excluding carboxylic acids is 2. The molecule has 19 heavy (non-hydrogen) atoms. The lowest BCUT2D eigenvalue weighted by molar-refractivity contribution is 0.0527. The number of ether oxygens (including phenoxy) is 1. The van der Waals surface area contributed by atoms with Crippen molar-refractivity contribution < 1.29 is 14.3 Å². The molecule has 3 N–H and O–H groups in total. The summed E-state index contributed by atoms with van der Waals surface area (Å²) >= 11 is 0. The molecule has 1 atom stereocenters. The summed E-state index contributed by atoms with van der Waals surface area (Å²) in [4.78, 5) is 24.0. The van der Waals surface area contributed by atoms with Gasteiger partial charge in [0.05, 0.1) is 18.3 Å². The Morgan fingerprint density at radius 1 is 1.58 bits per heavy atom. The van der Waals surface area contributed by atoms with Crippen molar-refractivity contribution in [2.45, 2.75) is 32.7 Å². The number of hydrogen-bond donors (Lipinski definition) is 2. The van der Waals surface area contributed by atoms with Crippen LogP contribution in [0.1, 0.15) is 40.6 Å². The van der Waals surface area contributed by atoms with Gasteiger partial charge in [-0.25, -0.2) is 4.79 Å². The van der Waals surface area contributed by atoms with Gasteiger partial charge in [0.1, 0.15) is 11.4 Å². The summed E-state index contributed by atoms with van der Waals surface area (Å²) in [5.74, 6) is -0.723. The zero-order valence-corrected chi connectivity index (χ0v) is 11.1. The molecule has 0 aliphatic carbocycles. The van der Waals surface area contributed by atoms with Crippen molar-refractivity contribution in [3.05, 3.63) is 11.3 Å². The van der Waals surface area contributed by atoms with Crippen molar-refractivity contribution in [3.63, 3.8) is 0 Å². The first-order valence-corrected chi connectivity index (χ1v) is 6.36. The van der Waals surface area contributed by atoms with Gasteiger partial charge in [0, 0.05) is 0 Å². The Morgan fingerprint density at radius 2 is 2.32 bits per heavy atom. The molecule has 1 aromatic rings. The molecule has 7 nitrogen and oxygen atoms in total. The Bertz CT molecular complexity index is 503. The summed E-state index contributed by atoms with van der Waals surface area (Å²) in [6.45, 7) is 4.40. The molecule has 0 spiro atoms. The summed E-state index contributed by atoms with van der Waals surface area (Å²) in [6.07, 6.45) is 1.70. The number of nitrogen functional groups attached to an aromatic ring is 1. The second-order valence-corrected chi connectivity index (χ2v) is 4.47. The topological polar surface area (TPSA) is 99.2 Å². The van der Waals surface area contributed by atoms with Crippen LogP contribution in [0, 0.1) is 6.92 Å². The van der Waals surface area contributed by atoms with Crippen molar-refractivity contribution in [2.75, 3.05) is 18.9 Å². The first-order valence-electron chi connectivity index (χ1n) is 6.36. The number of nitrogens with one attached hydrogen (secondary N) is 1. The van der Waals surface area contributed by atoms with Gasteiger partial charge in [0.2, 0.25) is 0 Å². The molecule has 104 valence electrons. The molecular weight excluding hydrogens is 248 g/mol. The fraction of sp³-hybridized carbons (Fsp3) is 0.583. The van der Waals surface area contributed by atoms with E-state index in [-0.39, 0.29) is 29.9 Å². The molecule has 1 aromatic heterocycles. The molecule has 0 aromatic carbocycles. The molecule has 2 rings (SSSR count). The van der Waals surface area contributed by atoms with Gasteiger partial charge in [0.25, 0.3) is 5.91 Å². The quantitative estimate of drug-likeness (QED) is 0.765.